The second kappa shape index (κ2) is 3.81. The minimum absolute atomic E-state index is 0.0331. The molecule has 1 aromatic rings. The summed E-state index contributed by atoms with van der Waals surface area (Å²) in [6.45, 7) is 4.08. The number of nitrogens with one attached hydrogen (secondary N) is 2. The van der Waals surface area contributed by atoms with Crippen molar-refractivity contribution in [1.29, 1.82) is 0 Å². The number of aryl methyl sites for hydroxylation is 1. The lowest BCUT2D eigenvalue weighted by atomic mass is 10.1. The van der Waals surface area contributed by atoms with Gasteiger partial charge in [-0.05, 0) is 50.5 Å². The van der Waals surface area contributed by atoms with E-state index in [0.717, 1.165) is 29.7 Å². The molecule has 0 heterocycles. The zero-order valence-electron chi connectivity index (χ0n) is 10.1. The van der Waals surface area contributed by atoms with E-state index >= 15 is 0 Å². The molecule has 0 atom stereocenters. The minimum atomic E-state index is 0.0331. The van der Waals surface area contributed by atoms with Crippen molar-refractivity contribution in [2.24, 2.45) is 0 Å². The number of anilines is 1. The van der Waals surface area contributed by atoms with Gasteiger partial charge in [0.25, 0.3) is 5.91 Å². The summed E-state index contributed by atoms with van der Waals surface area (Å²) >= 11 is 0. The van der Waals surface area contributed by atoms with Crippen LogP contribution in [0.2, 0.25) is 0 Å². The van der Waals surface area contributed by atoms with Gasteiger partial charge in [-0.15, -0.1) is 0 Å². The molecule has 1 amide bonds. The van der Waals surface area contributed by atoms with E-state index in [1.165, 1.54) is 0 Å². The first-order valence-corrected chi connectivity index (χ1v) is 5.65. The van der Waals surface area contributed by atoms with Crippen molar-refractivity contribution in [1.82, 2.24) is 5.32 Å². The average Bonchev–Trinajstić information content (AvgIpc) is 2.95. The van der Waals surface area contributed by atoms with Crippen LogP contribution in [0.4, 0.5) is 5.69 Å². The smallest absolute Gasteiger partial charge is 0.251 e. The summed E-state index contributed by atoms with van der Waals surface area (Å²) in [6.07, 6.45) is 2.18. The quantitative estimate of drug-likeness (QED) is 0.817. The van der Waals surface area contributed by atoms with E-state index in [-0.39, 0.29) is 11.4 Å². The highest BCUT2D eigenvalue weighted by atomic mass is 16.1. The highest BCUT2D eigenvalue weighted by molar-refractivity contribution is 5.95. The van der Waals surface area contributed by atoms with Gasteiger partial charge >= 0.3 is 0 Å². The summed E-state index contributed by atoms with van der Waals surface area (Å²) in [4.78, 5) is 11.9. The Kier molecular flexibility index (Phi) is 2.62. The second-order valence-electron chi connectivity index (χ2n) is 4.79. The van der Waals surface area contributed by atoms with Crippen molar-refractivity contribution in [2.45, 2.75) is 32.2 Å². The number of hydrogen-bond acceptors (Lipinski definition) is 2. The molecule has 0 spiro atoms. The van der Waals surface area contributed by atoms with Crippen LogP contribution in [0, 0.1) is 6.92 Å². The number of rotatable bonds is 3. The van der Waals surface area contributed by atoms with E-state index in [1.54, 1.807) is 0 Å². The molecule has 1 aromatic carbocycles. The molecule has 0 aromatic heterocycles. The van der Waals surface area contributed by atoms with Crippen molar-refractivity contribution in [3.05, 3.63) is 29.3 Å². The van der Waals surface area contributed by atoms with Crippen LogP contribution in [0.3, 0.4) is 0 Å². The molecule has 2 rings (SSSR count). The van der Waals surface area contributed by atoms with E-state index in [1.807, 2.05) is 32.2 Å². The van der Waals surface area contributed by atoms with Crippen molar-refractivity contribution in [3.63, 3.8) is 0 Å². The maximum atomic E-state index is 11.9. The molecular formula is C13H18N2O. The topological polar surface area (TPSA) is 41.1 Å². The maximum Gasteiger partial charge on any atom is 0.251 e. The molecule has 86 valence electrons. The summed E-state index contributed by atoms with van der Waals surface area (Å²) in [5, 5.41) is 6.14. The van der Waals surface area contributed by atoms with E-state index in [0.29, 0.717) is 0 Å². The average molecular weight is 218 g/mol. The first-order valence-electron chi connectivity index (χ1n) is 5.65. The van der Waals surface area contributed by atoms with Crippen LogP contribution < -0.4 is 10.6 Å². The van der Waals surface area contributed by atoms with Crippen LogP contribution in [-0.4, -0.2) is 18.5 Å². The van der Waals surface area contributed by atoms with Gasteiger partial charge < -0.3 is 10.6 Å². The molecule has 2 N–H and O–H groups in total. The van der Waals surface area contributed by atoms with Crippen LogP contribution in [0.25, 0.3) is 0 Å². The summed E-state index contributed by atoms with van der Waals surface area (Å²) in [7, 11) is 1.88. The Morgan fingerprint density at radius 3 is 2.56 bits per heavy atom. The van der Waals surface area contributed by atoms with Crippen molar-refractivity contribution in [2.75, 3.05) is 12.4 Å². The molecule has 1 aliphatic carbocycles. The minimum Gasteiger partial charge on any atom is -0.388 e. The fourth-order valence-electron chi connectivity index (χ4n) is 1.74. The first kappa shape index (κ1) is 11.0. The van der Waals surface area contributed by atoms with E-state index < -0.39 is 0 Å². The van der Waals surface area contributed by atoms with Gasteiger partial charge in [-0.2, -0.15) is 0 Å². The zero-order valence-corrected chi connectivity index (χ0v) is 10.1. The van der Waals surface area contributed by atoms with Gasteiger partial charge in [-0.25, -0.2) is 0 Å². The largest absolute Gasteiger partial charge is 0.388 e. The van der Waals surface area contributed by atoms with Crippen LogP contribution in [0.1, 0.15) is 35.7 Å². The number of carbonyl (C=O) groups excluding carboxylic acids is 1. The van der Waals surface area contributed by atoms with Gasteiger partial charge in [-0.1, -0.05) is 0 Å². The standard InChI is InChI=1S/C13H18N2O/c1-9-8-10(4-5-11(9)14-3)12(16)15-13(2)6-7-13/h4-5,8,14H,6-7H2,1-3H3,(H,15,16). The monoisotopic (exact) mass is 218 g/mol. The van der Waals surface area contributed by atoms with Crippen LogP contribution in [0.15, 0.2) is 18.2 Å². The van der Waals surface area contributed by atoms with E-state index in [4.69, 9.17) is 0 Å². The van der Waals surface area contributed by atoms with Gasteiger partial charge in [0.15, 0.2) is 0 Å². The number of hydrogen-bond donors (Lipinski definition) is 2. The third-order valence-electron chi connectivity index (χ3n) is 3.17. The Morgan fingerprint density at radius 2 is 2.06 bits per heavy atom. The summed E-state index contributed by atoms with van der Waals surface area (Å²) in [5.74, 6) is 0.0331. The highest BCUT2D eigenvalue weighted by Gasteiger charge is 2.38. The molecule has 3 heteroatoms. The molecule has 1 aliphatic rings. The fourth-order valence-corrected chi connectivity index (χ4v) is 1.74. The van der Waals surface area contributed by atoms with Crippen LogP contribution in [-0.2, 0) is 0 Å². The predicted molar refractivity (Wildman–Crippen MR) is 65.8 cm³/mol. The molecule has 0 bridgehead atoms. The maximum absolute atomic E-state index is 11.9. The molecule has 16 heavy (non-hydrogen) atoms. The molecular weight excluding hydrogens is 200 g/mol. The third-order valence-corrected chi connectivity index (χ3v) is 3.17. The second-order valence-corrected chi connectivity index (χ2v) is 4.79. The Bertz CT molecular complexity index is 422. The van der Waals surface area contributed by atoms with Gasteiger partial charge in [0, 0.05) is 23.8 Å². The molecule has 0 saturated heterocycles. The molecule has 1 saturated carbocycles. The summed E-state index contributed by atoms with van der Waals surface area (Å²) < 4.78 is 0. The summed E-state index contributed by atoms with van der Waals surface area (Å²) in [5.41, 5.74) is 2.95. The number of carbonyl (C=O) groups is 1. The molecule has 3 nitrogen and oxygen atoms in total. The zero-order chi connectivity index (χ0) is 11.8. The first-order chi connectivity index (χ1) is 7.54. The predicted octanol–water partition coefficient (Wildman–Crippen LogP) is 2.32. The Balaban J connectivity index is 2.14. The Morgan fingerprint density at radius 1 is 1.38 bits per heavy atom. The van der Waals surface area contributed by atoms with Crippen molar-refractivity contribution < 1.29 is 4.79 Å². The molecule has 0 aliphatic heterocycles. The van der Waals surface area contributed by atoms with Crippen LogP contribution in [0.5, 0.6) is 0 Å². The summed E-state index contributed by atoms with van der Waals surface area (Å²) in [6, 6.07) is 5.73. The van der Waals surface area contributed by atoms with Gasteiger partial charge in [-0.3, -0.25) is 4.79 Å². The molecule has 1 fully saturated rings. The van der Waals surface area contributed by atoms with E-state index in [9.17, 15) is 4.79 Å². The number of benzene rings is 1. The lowest BCUT2D eigenvalue weighted by Crippen LogP contribution is -2.34. The Labute approximate surface area is 96.2 Å². The van der Waals surface area contributed by atoms with Crippen LogP contribution >= 0.6 is 0 Å². The normalized spacial score (nSPS) is 16.7. The lowest BCUT2D eigenvalue weighted by molar-refractivity contribution is 0.0935. The van der Waals surface area contributed by atoms with Gasteiger partial charge in [0.05, 0.1) is 0 Å². The van der Waals surface area contributed by atoms with Crippen molar-refractivity contribution in [3.8, 4) is 0 Å². The van der Waals surface area contributed by atoms with Gasteiger partial charge in [0.1, 0.15) is 0 Å². The molecule has 0 radical (unpaired) electrons. The van der Waals surface area contributed by atoms with Gasteiger partial charge in [0.2, 0.25) is 0 Å². The highest BCUT2D eigenvalue weighted by Crippen LogP contribution is 2.34. The SMILES string of the molecule is CNc1ccc(C(=O)NC2(C)CC2)cc1C. The lowest BCUT2D eigenvalue weighted by Gasteiger charge is -2.12. The molecule has 0 unspecified atom stereocenters. The Hall–Kier alpha value is -1.51. The third kappa shape index (κ3) is 2.18. The van der Waals surface area contributed by atoms with Crippen molar-refractivity contribution >= 4 is 11.6 Å². The van der Waals surface area contributed by atoms with E-state index in [2.05, 4.69) is 17.6 Å². The fraction of sp³-hybridized carbons (Fsp3) is 0.462. The number of amides is 1.